The van der Waals surface area contributed by atoms with Crippen LogP contribution in [0.15, 0.2) is 78.6 Å². The van der Waals surface area contributed by atoms with Gasteiger partial charge in [-0.1, -0.05) is 16.4 Å². The maximum absolute atomic E-state index is 15.1. The zero-order valence-corrected chi connectivity index (χ0v) is 21.0. The predicted octanol–water partition coefficient (Wildman–Crippen LogP) is 3.25. The summed E-state index contributed by atoms with van der Waals surface area (Å²) in [6.45, 7) is 0.651. The molecule has 0 aliphatic carbocycles. The number of amides is 1. The largest absolute Gasteiger partial charge is 0.458 e. The van der Waals surface area contributed by atoms with Gasteiger partial charge in [0.2, 0.25) is 0 Å². The molecule has 0 radical (unpaired) electrons. The maximum atomic E-state index is 15.1. The fourth-order valence-electron chi connectivity index (χ4n) is 4.40. The number of cyclic esters (lactones) is 1. The average molecular weight is 544 g/mol. The first-order chi connectivity index (χ1) is 19.5. The van der Waals surface area contributed by atoms with E-state index < -0.39 is 30.1 Å². The standard InChI is InChI=1S/C27H22FN7O5/c28-23-10-19(35-15-21(39-27(35)37)14-34-9-8-31-33-34)4-5-22(23)17-3-6-24(30-13-17)25-11-20(40-32-25)16-38-26(36)18-2-1-7-29-12-18/h1-10,12-13,20-21H,11,14-16H2/t20?,21-/m0/s1. The number of benzene rings is 1. The molecule has 13 heteroatoms. The Morgan fingerprint density at radius 3 is 2.80 bits per heavy atom. The lowest BCUT2D eigenvalue weighted by Gasteiger charge is -2.14. The summed E-state index contributed by atoms with van der Waals surface area (Å²) in [5.74, 6) is -0.995. The van der Waals surface area contributed by atoms with Crippen molar-refractivity contribution in [2.24, 2.45) is 5.16 Å². The predicted molar refractivity (Wildman–Crippen MR) is 138 cm³/mol. The number of aromatic nitrogens is 5. The van der Waals surface area contributed by atoms with Crippen LogP contribution in [-0.2, 0) is 20.9 Å². The van der Waals surface area contributed by atoms with Crippen LogP contribution in [0.5, 0.6) is 0 Å². The zero-order valence-electron chi connectivity index (χ0n) is 21.0. The fourth-order valence-corrected chi connectivity index (χ4v) is 4.40. The van der Waals surface area contributed by atoms with Crippen molar-refractivity contribution in [3.05, 3.63) is 90.5 Å². The van der Waals surface area contributed by atoms with Crippen LogP contribution in [0.4, 0.5) is 14.9 Å². The van der Waals surface area contributed by atoms with Crippen molar-refractivity contribution in [1.29, 1.82) is 0 Å². The quantitative estimate of drug-likeness (QED) is 0.307. The lowest BCUT2D eigenvalue weighted by molar-refractivity contribution is 0.00683. The number of rotatable bonds is 8. The van der Waals surface area contributed by atoms with Crippen LogP contribution in [0, 0.1) is 5.82 Å². The number of carbonyl (C=O) groups is 2. The Kier molecular flexibility index (Phi) is 6.83. The molecule has 5 heterocycles. The van der Waals surface area contributed by atoms with Gasteiger partial charge in [0.1, 0.15) is 24.2 Å². The van der Waals surface area contributed by atoms with E-state index in [2.05, 4.69) is 25.4 Å². The Balaban J connectivity index is 1.06. The van der Waals surface area contributed by atoms with Crippen molar-refractivity contribution in [2.45, 2.75) is 25.2 Å². The van der Waals surface area contributed by atoms with E-state index in [1.165, 1.54) is 17.2 Å². The highest BCUT2D eigenvalue weighted by molar-refractivity contribution is 6.00. The molecule has 3 aromatic heterocycles. The molecule has 1 saturated heterocycles. The maximum Gasteiger partial charge on any atom is 0.414 e. The van der Waals surface area contributed by atoms with E-state index >= 15 is 4.39 Å². The number of oxime groups is 1. The number of hydrogen-bond acceptors (Lipinski definition) is 10. The van der Waals surface area contributed by atoms with Crippen LogP contribution in [0.25, 0.3) is 11.1 Å². The third kappa shape index (κ3) is 5.34. The van der Waals surface area contributed by atoms with E-state index in [-0.39, 0.29) is 13.2 Å². The summed E-state index contributed by atoms with van der Waals surface area (Å²) in [6, 6.07) is 11.3. The molecule has 12 nitrogen and oxygen atoms in total. The van der Waals surface area contributed by atoms with Crippen molar-refractivity contribution < 1.29 is 28.3 Å². The van der Waals surface area contributed by atoms with E-state index in [0.717, 1.165) is 0 Å². The topological polar surface area (TPSA) is 134 Å². The molecule has 2 aliphatic rings. The molecule has 1 unspecified atom stereocenters. The van der Waals surface area contributed by atoms with Crippen LogP contribution in [0.1, 0.15) is 22.5 Å². The minimum atomic E-state index is -0.548. The van der Waals surface area contributed by atoms with Gasteiger partial charge in [0.05, 0.1) is 36.2 Å². The third-order valence-electron chi connectivity index (χ3n) is 6.40. The van der Waals surface area contributed by atoms with Gasteiger partial charge in [0.15, 0.2) is 6.10 Å². The van der Waals surface area contributed by atoms with E-state index in [4.69, 9.17) is 14.3 Å². The minimum absolute atomic E-state index is 0.0299. The molecule has 0 bridgehead atoms. The molecular weight excluding hydrogens is 521 g/mol. The normalized spacial score (nSPS) is 18.3. The molecule has 2 atom stereocenters. The average Bonchev–Trinajstić information content (AvgIpc) is 3.74. The molecular formula is C27H22FN7O5. The van der Waals surface area contributed by atoms with Gasteiger partial charge in [-0.25, -0.2) is 18.7 Å². The number of anilines is 1. The monoisotopic (exact) mass is 543 g/mol. The Morgan fingerprint density at radius 1 is 1.12 bits per heavy atom. The second-order valence-electron chi connectivity index (χ2n) is 9.15. The molecule has 40 heavy (non-hydrogen) atoms. The van der Waals surface area contributed by atoms with Crippen molar-refractivity contribution in [2.75, 3.05) is 18.1 Å². The first-order valence-electron chi connectivity index (χ1n) is 12.4. The van der Waals surface area contributed by atoms with Gasteiger partial charge >= 0.3 is 12.1 Å². The minimum Gasteiger partial charge on any atom is -0.458 e. The van der Waals surface area contributed by atoms with Gasteiger partial charge in [-0.15, -0.1) is 5.10 Å². The number of hydrogen-bond donors (Lipinski definition) is 0. The number of nitrogens with zero attached hydrogens (tertiary/aromatic N) is 7. The summed E-state index contributed by atoms with van der Waals surface area (Å²) in [6.07, 6.45) is 6.76. The molecule has 1 aromatic carbocycles. The smallest absolute Gasteiger partial charge is 0.414 e. The first kappa shape index (κ1) is 25.1. The van der Waals surface area contributed by atoms with Gasteiger partial charge in [-0.05, 0) is 36.4 Å². The number of esters is 1. The Hall–Kier alpha value is -5.20. The number of carbonyl (C=O) groups excluding carboxylic acids is 2. The summed E-state index contributed by atoms with van der Waals surface area (Å²) in [4.78, 5) is 39.6. The number of ether oxygens (including phenoxy) is 2. The second kappa shape index (κ2) is 10.9. The Labute approximate surface area is 227 Å². The zero-order chi connectivity index (χ0) is 27.5. The highest BCUT2D eigenvalue weighted by atomic mass is 19.1. The SMILES string of the molecule is O=C(OCC1CC(c2ccc(-c3ccc(N4C[C@H](Cn5ccnn5)OC4=O)cc3F)cn2)=NO1)c1cccnc1. The molecule has 6 rings (SSSR count). The van der Waals surface area contributed by atoms with Crippen molar-refractivity contribution in [3.63, 3.8) is 0 Å². The van der Waals surface area contributed by atoms with Gasteiger partial charge in [0.25, 0.3) is 0 Å². The molecule has 1 amide bonds. The Morgan fingerprint density at radius 2 is 2.05 bits per heavy atom. The van der Waals surface area contributed by atoms with E-state index in [1.807, 2.05) is 0 Å². The van der Waals surface area contributed by atoms with Crippen LogP contribution >= 0.6 is 0 Å². The fraction of sp³-hybridized carbons (Fsp3) is 0.222. The summed E-state index contributed by atoms with van der Waals surface area (Å²) < 4.78 is 27.4. The molecule has 4 aromatic rings. The van der Waals surface area contributed by atoms with Crippen LogP contribution in [-0.4, -0.2) is 68.1 Å². The summed E-state index contributed by atoms with van der Waals surface area (Å²) in [7, 11) is 0. The molecule has 0 N–H and O–H groups in total. The molecule has 1 fully saturated rings. The first-order valence-corrected chi connectivity index (χ1v) is 12.4. The van der Waals surface area contributed by atoms with Crippen LogP contribution in [0.3, 0.4) is 0 Å². The summed E-state index contributed by atoms with van der Waals surface area (Å²) in [5.41, 5.74) is 2.80. The second-order valence-corrected chi connectivity index (χ2v) is 9.15. The van der Waals surface area contributed by atoms with Crippen molar-refractivity contribution in [1.82, 2.24) is 25.0 Å². The lowest BCUT2D eigenvalue weighted by Crippen LogP contribution is -2.26. The van der Waals surface area contributed by atoms with Gasteiger partial charge in [-0.3, -0.25) is 14.9 Å². The van der Waals surface area contributed by atoms with Gasteiger partial charge < -0.3 is 14.3 Å². The van der Waals surface area contributed by atoms with E-state index in [9.17, 15) is 9.59 Å². The van der Waals surface area contributed by atoms with Gasteiger partial charge in [0, 0.05) is 42.3 Å². The highest BCUT2D eigenvalue weighted by Crippen LogP contribution is 2.29. The van der Waals surface area contributed by atoms with Gasteiger partial charge in [-0.2, -0.15) is 0 Å². The molecule has 2 aliphatic heterocycles. The number of halogens is 1. The van der Waals surface area contributed by atoms with Crippen molar-refractivity contribution >= 4 is 23.5 Å². The van der Waals surface area contributed by atoms with Crippen LogP contribution in [0.2, 0.25) is 0 Å². The number of pyridine rings is 2. The summed E-state index contributed by atoms with van der Waals surface area (Å²) >= 11 is 0. The lowest BCUT2D eigenvalue weighted by atomic mass is 10.0. The van der Waals surface area contributed by atoms with E-state index in [0.29, 0.717) is 46.7 Å². The third-order valence-corrected chi connectivity index (χ3v) is 6.40. The summed E-state index contributed by atoms with van der Waals surface area (Å²) in [5, 5.41) is 11.7. The van der Waals surface area contributed by atoms with E-state index in [1.54, 1.807) is 65.9 Å². The molecule has 0 saturated carbocycles. The molecule has 0 spiro atoms. The molecule has 202 valence electrons. The highest BCUT2D eigenvalue weighted by Gasteiger charge is 2.33. The Bertz CT molecular complexity index is 1550. The van der Waals surface area contributed by atoms with Crippen molar-refractivity contribution in [3.8, 4) is 11.1 Å². The van der Waals surface area contributed by atoms with Crippen LogP contribution < -0.4 is 4.90 Å².